The normalized spacial score (nSPS) is 12.8. The molecule has 0 N–H and O–H groups in total. The smallest absolute Gasteiger partial charge is 0.258 e. The number of aromatic nitrogens is 1. The second-order valence-electron chi connectivity index (χ2n) is 6.79. The van der Waals surface area contributed by atoms with Crippen LogP contribution in [0.3, 0.4) is 0 Å². The molecule has 0 radical (unpaired) electrons. The van der Waals surface area contributed by atoms with Gasteiger partial charge in [-0.2, -0.15) is 0 Å². The molecule has 0 saturated heterocycles. The molecule has 0 atom stereocenters. The molecule has 0 aliphatic carbocycles. The van der Waals surface area contributed by atoms with Gasteiger partial charge >= 0.3 is 0 Å². The van der Waals surface area contributed by atoms with Gasteiger partial charge in [0, 0.05) is 17.8 Å². The van der Waals surface area contributed by atoms with Crippen LogP contribution < -0.4 is 14.4 Å². The third-order valence-electron chi connectivity index (χ3n) is 5.10. The summed E-state index contributed by atoms with van der Waals surface area (Å²) in [5, 5.41) is 3.93. The van der Waals surface area contributed by atoms with Crippen LogP contribution in [0.15, 0.2) is 47.0 Å². The lowest BCUT2D eigenvalue weighted by Crippen LogP contribution is -2.28. The van der Waals surface area contributed by atoms with Gasteiger partial charge in [-0.25, -0.2) is 0 Å². The number of aryl methyl sites for hydroxylation is 2. The van der Waals surface area contributed by atoms with Gasteiger partial charge in [0.1, 0.15) is 12.4 Å². The van der Waals surface area contributed by atoms with Crippen molar-refractivity contribution in [3.8, 4) is 11.5 Å². The molecular formula is C22H22N2O4. The molecule has 144 valence electrons. The number of benzene rings is 2. The van der Waals surface area contributed by atoms with Gasteiger partial charge in [0.2, 0.25) is 0 Å². The van der Waals surface area contributed by atoms with Crippen LogP contribution in [0.1, 0.15) is 32.9 Å². The van der Waals surface area contributed by atoms with Crippen LogP contribution in [0.4, 0.5) is 5.69 Å². The number of hydrogen-bond donors (Lipinski definition) is 0. The van der Waals surface area contributed by atoms with Crippen molar-refractivity contribution in [2.75, 3.05) is 18.6 Å². The quantitative estimate of drug-likeness (QED) is 0.669. The number of hydrogen-bond acceptors (Lipinski definition) is 5. The average Bonchev–Trinajstić information content (AvgIpc) is 3.29. The van der Waals surface area contributed by atoms with Gasteiger partial charge < -0.3 is 18.9 Å². The monoisotopic (exact) mass is 378 g/mol. The molecule has 28 heavy (non-hydrogen) atoms. The first-order valence-corrected chi connectivity index (χ1v) is 9.21. The van der Waals surface area contributed by atoms with E-state index >= 15 is 0 Å². The molecule has 0 spiro atoms. The molecule has 0 unspecified atom stereocenters. The van der Waals surface area contributed by atoms with Crippen molar-refractivity contribution >= 4 is 11.6 Å². The molecule has 2 aromatic carbocycles. The van der Waals surface area contributed by atoms with Crippen LogP contribution in [-0.2, 0) is 13.0 Å². The zero-order valence-electron chi connectivity index (χ0n) is 16.2. The van der Waals surface area contributed by atoms with Gasteiger partial charge in [-0.15, -0.1) is 0 Å². The highest BCUT2D eigenvalue weighted by Crippen LogP contribution is 2.33. The number of anilines is 1. The minimum absolute atomic E-state index is 0.0412. The Morgan fingerprint density at radius 1 is 1.18 bits per heavy atom. The topological polar surface area (TPSA) is 64.8 Å². The van der Waals surface area contributed by atoms with Crippen molar-refractivity contribution in [1.29, 1.82) is 0 Å². The number of ether oxygens (including phenoxy) is 2. The Balaban J connectivity index is 1.55. The van der Waals surface area contributed by atoms with E-state index in [0.29, 0.717) is 30.2 Å². The maximum absolute atomic E-state index is 13.0. The lowest BCUT2D eigenvalue weighted by atomic mass is 10.1. The first kappa shape index (κ1) is 18.1. The van der Waals surface area contributed by atoms with E-state index in [4.69, 9.17) is 14.0 Å². The van der Waals surface area contributed by atoms with Gasteiger partial charge in [0.25, 0.3) is 5.91 Å². The van der Waals surface area contributed by atoms with Gasteiger partial charge in [0.05, 0.1) is 18.4 Å². The van der Waals surface area contributed by atoms with Crippen LogP contribution in [0.2, 0.25) is 0 Å². The van der Waals surface area contributed by atoms with Gasteiger partial charge in [-0.1, -0.05) is 23.4 Å². The maximum Gasteiger partial charge on any atom is 0.258 e. The first-order valence-electron chi connectivity index (χ1n) is 9.21. The molecule has 4 rings (SSSR count). The summed E-state index contributed by atoms with van der Waals surface area (Å²) in [6, 6.07) is 13.3. The second kappa shape index (κ2) is 7.38. The number of methoxy groups -OCH3 is 1. The molecule has 0 fully saturated rings. The number of rotatable bonds is 5. The molecular weight excluding hydrogens is 356 g/mol. The first-order chi connectivity index (χ1) is 13.6. The minimum Gasteiger partial charge on any atom is -0.493 e. The Kier molecular flexibility index (Phi) is 4.77. The Bertz CT molecular complexity index is 1010. The highest BCUT2D eigenvalue weighted by atomic mass is 16.5. The molecule has 1 aliphatic rings. The van der Waals surface area contributed by atoms with Crippen LogP contribution in [0.25, 0.3) is 0 Å². The van der Waals surface area contributed by atoms with E-state index in [1.807, 2.05) is 36.9 Å². The lowest BCUT2D eigenvalue weighted by Gasteiger charge is -2.18. The van der Waals surface area contributed by atoms with E-state index in [1.54, 1.807) is 25.3 Å². The fourth-order valence-electron chi connectivity index (χ4n) is 3.48. The second-order valence-corrected chi connectivity index (χ2v) is 6.79. The molecule has 0 bridgehead atoms. The molecule has 0 saturated carbocycles. The molecule has 6 heteroatoms. The Hall–Kier alpha value is -3.28. The summed E-state index contributed by atoms with van der Waals surface area (Å²) < 4.78 is 16.5. The third-order valence-corrected chi connectivity index (χ3v) is 5.10. The number of nitrogens with zero attached hydrogens (tertiary/aromatic N) is 2. The predicted octanol–water partition coefficient (Wildman–Crippen LogP) is 4.08. The predicted molar refractivity (Wildman–Crippen MR) is 105 cm³/mol. The number of fused-ring (bicyclic) bond motifs is 1. The molecule has 1 aliphatic heterocycles. The summed E-state index contributed by atoms with van der Waals surface area (Å²) >= 11 is 0. The molecule has 3 aromatic rings. The summed E-state index contributed by atoms with van der Waals surface area (Å²) in [5.74, 6) is 1.78. The van der Waals surface area contributed by atoms with Crippen molar-refractivity contribution in [3.63, 3.8) is 0 Å². The number of carbonyl (C=O) groups is 1. The highest BCUT2D eigenvalue weighted by molar-refractivity contribution is 6.07. The summed E-state index contributed by atoms with van der Waals surface area (Å²) in [4.78, 5) is 14.8. The van der Waals surface area contributed by atoms with Crippen molar-refractivity contribution in [2.24, 2.45) is 0 Å². The summed E-state index contributed by atoms with van der Waals surface area (Å²) in [5.41, 5.74) is 4.46. The van der Waals surface area contributed by atoms with Crippen molar-refractivity contribution in [2.45, 2.75) is 26.9 Å². The number of amides is 1. The lowest BCUT2D eigenvalue weighted by molar-refractivity contribution is 0.0989. The standard InChI is InChI=1S/C22H22N2O4/c1-14-18(15(2)28-23-14)13-27-20-9-8-17(12-21(20)26-3)22(25)24-11-10-16-6-4-5-7-19(16)24/h4-9,12H,10-11,13H2,1-3H3. The minimum atomic E-state index is -0.0412. The molecule has 1 aromatic heterocycles. The maximum atomic E-state index is 13.0. The van der Waals surface area contributed by atoms with Crippen LogP contribution in [-0.4, -0.2) is 24.7 Å². The number of para-hydroxylation sites is 1. The zero-order chi connectivity index (χ0) is 19.7. The fourth-order valence-corrected chi connectivity index (χ4v) is 3.48. The summed E-state index contributed by atoms with van der Waals surface area (Å²) in [7, 11) is 1.57. The van der Waals surface area contributed by atoms with Crippen LogP contribution in [0, 0.1) is 13.8 Å². The van der Waals surface area contributed by atoms with Crippen molar-refractivity contribution < 1.29 is 18.8 Å². The van der Waals surface area contributed by atoms with E-state index in [9.17, 15) is 4.79 Å². The molecule has 1 amide bonds. The van der Waals surface area contributed by atoms with Gasteiger partial charge in [-0.3, -0.25) is 4.79 Å². The number of carbonyl (C=O) groups excluding carboxylic acids is 1. The van der Waals surface area contributed by atoms with Gasteiger partial charge in [0.15, 0.2) is 11.5 Å². The average molecular weight is 378 g/mol. The Labute approximate surface area is 163 Å². The van der Waals surface area contributed by atoms with Crippen LogP contribution >= 0.6 is 0 Å². The van der Waals surface area contributed by atoms with E-state index in [2.05, 4.69) is 11.2 Å². The largest absolute Gasteiger partial charge is 0.493 e. The Morgan fingerprint density at radius 2 is 2.00 bits per heavy atom. The molecule has 6 nitrogen and oxygen atoms in total. The van der Waals surface area contributed by atoms with Gasteiger partial charge in [-0.05, 0) is 50.1 Å². The molecule has 2 heterocycles. The summed E-state index contributed by atoms with van der Waals surface area (Å²) in [6.45, 7) is 4.74. The highest BCUT2D eigenvalue weighted by Gasteiger charge is 2.26. The van der Waals surface area contributed by atoms with E-state index < -0.39 is 0 Å². The zero-order valence-corrected chi connectivity index (χ0v) is 16.2. The Morgan fingerprint density at radius 3 is 2.75 bits per heavy atom. The fraction of sp³-hybridized carbons (Fsp3) is 0.273. The third kappa shape index (κ3) is 3.22. The summed E-state index contributed by atoms with van der Waals surface area (Å²) in [6.07, 6.45) is 0.873. The van der Waals surface area contributed by atoms with E-state index in [0.717, 1.165) is 29.1 Å². The van der Waals surface area contributed by atoms with E-state index in [1.165, 1.54) is 5.56 Å². The van der Waals surface area contributed by atoms with E-state index in [-0.39, 0.29) is 5.91 Å². The van der Waals surface area contributed by atoms with Crippen LogP contribution in [0.5, 0.6) is 11.5 Å². The SMILES string of the molecule is COc1cc(C(=O)N2CCc3ccccc32)ccc1OCc1c(C)noc1C. The van der Waals surface area contributed by atoms with Crippen molar-refractivity contribution in [1.82, 2.24) is 5.16 Å². The van der Waals surface area contributed by atoms with Crippen molar-refractivity contribution in [3.05, 3.63) is 70.6 Å².